The Hall–Kier alpha value is -3.83. The Bertz CT molecular complexity index is 1680. The zero-order valence-corrected chi connectivity index (χ0v) is 22.6. The fraction of sp³-hybridized carbons (Fsp3) is 0.214. The van der Waals surface area contributed by atoms with Gasteiger partial charge in [0.15, 0.2) is 4.96 Å². The van der Waals surface area contributed by atoms with Crippen molar-refractivity contribution in [3.8, 4) is 21.8 Å². The number of aliphatic hydroxyl groups excluding tert-OH is 1. The van der Waals surface area contributed by atoms with Crippen LogP contribution in [0.1, 0.15) is 0 Å². The molecule has 1 aliphatic rings. The third-order valence-corrected chi connectivity index (χ3v) is 8.13. The van der Waals surface area contributed by atoms with E-state index in [4.69, 9.17) is 16.6 Å². The van der Waals surface area contributed by atoms with Gasteiger partial charge in [-0.25, -0.2) is 15.0 Å². The van der Waals surface area contributed by atoms with Crippen molar-refractivity contribution in [3.63, 3.8) is 0 Å². The maximum absolute atomic E-state index is 12.9. The summed E-state index contributed by atoms with van der Waals surface area (Å²) in [7, 11) is 0. The average Bonchev–Trinajstić information content (AvgIpc) is 3.35. The van der Waals surface area contributed by atoms with Crippen molar-refractivity contribution in [2.24, 2.45) is 0 Å². The number of thiazole rings is 1. The van der Waals surface area contributed by atoms with Gasteiger partial charge in [0.05, 0.1) is 22.9 Å². The molecular formula is C28H26ClN7O2S. The molecule has 5 aromatic rings. The Kier molecular flexibility index (Phi) is 7.25. The van der Waals surface area contributed by atoms with Gasteiger partial charge in [-0.05, 0) is 30.3 Å². The molecule has 3 aromatic heterocycles. The molecule has 39 heavy (non-hydrogen) atoms. The monoisotopic (exact) mass is 559 g/mol. The highest BCUT2D eigenvalue weighted by Gasteiger charge is 2.21. The molecule has 2 aromatic carbocycles. The molecule has 1 saturated heterocycles. The minimum atomic E-state index is -0.182. The van der Waals surface area contributed by atoms with E-state index in [0.29, 0.717) is 33.9 Å². The van der Waals surface area contributed by atoms with Gasteiger partial charge in [-0.1, -0.05) is 47.2 Å². The van der Waals surface area contributed by atoms with Gasteiger partial charge in [0.1, 0.15) is 0 Å². The maximum Gasteiger partial charge on any atom is 0.258 e. The first-order chi connectivity index (χ1) is 19.1. The number of anilines is 3. The average molecular weight is 560 g/mol. The Morgan fingerprint density at radius 2 is 1.79 bits per heavy atom. The van der Waals surface area contributed by atoms with Crippen LogP contribution in [-0.2, 0) is 0 Å². The highest BCUT2D eigenvalue weighted by atomic mass is 35.5. The molecule has 0 spiro atoms. The van der Waals surface area contributed by atoms with Crippen LogP contribution in [0.15, 0.2) is 77.9 Å². The first-order valence-electron chi connectivity index (χ1n) is 12.6. The van der Waals surface area contributed by atoms with E-state index in [1.165, 1.54) is 23.6 Å². The van der Waals surface area contributed by atoms with Crippen molar-refractivity contribution >= 4 is 45.2 Å². The second-order valence-corrected chi connectivity index (χ2v) is 10.5. The first-order valence-corrected chi connectivity index (χ1v) is 13.8. The molecule has 1 aliphatic heterocycles. The summed E-state index contributed by atoms with van der Waals surface area (Å²) in [5.41, 5.74) is 3.87. The minimum absolute atomic E-state index is 0.182. The Morgan fingerprint density at radius 1 is 0.974 bits per heavy atom. The summed E-state index contributed by atoms with van der Waals surface area (Å²) in [5, 5.41) is 13.1. The van der Waals surface area contributed by atoms with E-state index in [9.17, 15) is 9.90 Å². The molecule has 0 atom stereocenters. The van der Waals surface area contributed by atoms with Gasteiger partial charge < -0.3 is 15.3 Å². The summed E-state index contributed by atoms with van der Waals surface area (Å²) >= 11 is 7.96. The molecule has 9 nitrogen and oxygen atoms in total. The predicted octanol–water partition coefficient (Wildman–Crippen LogP) is 4.39. The van der Waals surface area contributed by atoms with E-state index < -0.39 is 0 Å². The van der Waals surface area contributed by atoms with Gasteiger partial charge in [-0.2, -0.15) is 0 Å². The second-order valence-electron chi connectivity index (χ2n) is 9.15. The van der Waals surface area contributed by atoms with E-state index in [1.807, 2.05) is 36.4 Å². The van der Waals surface area contributed by atoms with Gasteiger partial charge >= 0.3 is 0 Å². The number of aromatic nitrogens is 4. The lowest BCUT2D eigenvalue weighted by Gasteiger charge is -2.35. The van der Waals surface area contributed by atoms with Crippen LogP contribution in [0.2, 0.25) is 5.02 Å². The first kappa shape index (κ1) is 25.4. The summed E-state index contributed by atoms with van der Waals surface area (Å²) in [6, 6.07) is 18.9. The molecule has 1 fully saturated rings. The molecule has 198 valence electrons. The van der Waals surface area contributed by atoms with Gasteiger partial charge in [-0.15, -0.1) is 0 Å². The number of hydrogen-bond donors (Lipinski definition) is 2. The van der Waals surface area contributed by atoms with Crippen molar-refractivity contribution in [1.29, 1.82) is 0 Å². The molecule has 11 heteroatoms. The summed E-state index contributed by atoms with van der Waals surface area (Å²) in [4.78, 5) is 32.5. The third-order valence-electron chi connectivity index (χ3n) is 6.72. The SMILES string of the molecule is O=c1ccnc2sc(-c3ccnc(Nc4cccc(N5CCN(CCO)CC5)c4)n3)c(-c3ccccc3Cl)n12. The molecule has 6 rings (SSSR count). The Morgan fingerprint density at radius 3 is 2.62 bits per heavy atom. The summed E-state index contributed by atoms with van der Waals surface area (Å²) < 4.78 is 1.58. The number of rotatable bonds is 7. The molecule has 0 saturated carbocycles. The van der Waals surface area contributed by atoms with E-state index in [2.05, 4.69) is 37.2 Å². The van der Waals surface area contributed by atoms with Crippen LogP contribution in [0, 0.1) is 0 Å². The number of β-amino-alcohol motifs (C(OH)–C–C–N with tert-alkyl or cyclic N) is 1. The summed E-state index contributed by atoms with van der Waals surface area (Å²) in [6.07, 6.45) is 3.21. The van der Waals surface area contributed by atoms with Crippen LogP contribution in [-0.4, -0.2) is 68.7 Å². The van der Waals surface area contributed by atoms with Gasteiger partial charge in [0, 0.05) is 73.1 Å². The number of nitrogens with one attached hydrogen (secondary N) is 1. The highest BCUT2D eigenvalue weighted by molar-refractivity contribution is 7.20. The van der Waals surface area contributed by atoms with E-state index in [0.717, 1.165) is 48.0 Å². The lowest BCUT2D eigenvalue weighted by atomic mass is 10.1. The van der Waals surface area contributed by atoms with Gasteiger partial charge in [0.2, 0.25) is 5.95 Å². The number of fused-ring (bicyclic) bond motifs is 1. The van der Waals surface area contributed by atoms with Crippen molar-refractivity contribution in [1.82, 2.24) is 24.3 Å². The third kappa shape index (κ3) is 5.24. The van der Waals surface area contributed by atoms with Crippen LogP contribution in [0.4, 0.5) is 17.3 Å². The normalized spacial score (nSPS) is 14.2. The minimum Gasteiger partial charge on any atom is -0.395 e. The lowest BCUT2D eigenvalue weighted by molar-refractivity contribution is 0.189. The van der Waals surface area contributed by atoms with Crippen LogP contribution in [0.3, 0.4) is 0 Å². The molecule has 0 unspecified atom stereocenters. The number of nitrogens with zero attached hydrogens (tertiary/aromatic N) is 6. The highest BCUT2D eigenvalue weighted by Crippen LogP contribution is 2.40. The zero-order valence-electron chi connectivity index (χ0n) is 21.0. The molecule has 4 heterocycles. The number of piperazine rings is 1. The zero-order chi connectivity index (χ0) is 26.8. The van der Waals surface area contributed by atoms with Crippen molar-refractivity contribution in [3.05, 3.63) is 88.4 Å². The molecule has 0 amide bonds. The topological polar surface area (TPSA) is 98.9 Å². The second kappa shape index (κ2) is 11.1. The van der Waals surface area contributed by atoms with Crippen LogP contribution in [0.25, 0.3) is 26.8 Å². The van der Waals surface area contributed by atoms with Crippen LogP contribution >= 0.6 is 22.9 Å². The number of aliphatic hydroxyl groups is 1. The predicted molar refractivity (Wildman–Crippen MR) is 156 cm³/mol. The van der Waals surface area contributed by atoms with Crippen molar-refractivity contribution in [2.45, 2.75) is 0 Å². The standard InChI is InChI=1S/C28H26ClN7O2S/c29-22-7-2-1-6-21(22)25-26(39-28-31-11-9-24(38)36(25)28)23-8-10-30-27(33-23)32-19-4-3-5-20(18-19)35-14-12-34(13-15-35)16-17-37/h1-11,18,37H,12-17H2,(H,30,32,33). The molecular weight excluding hydrogens is 534 g/mol. The molecule has 2 N–H and O–H groups in total. The van der Waals surface area contributed by atoms with Crippen LogP contribution < -0.4 is 15.8 Å². The number of halogens is 1. The fourth-order valence-electron chi connectivity index (χ4n) is 4.81. The van der Waals surface area contributed by atoms with Crippen molar-refractivity contribution in [2.75, 3.05) is 49.5 Å². The van der Waals surface area contributed by atoms with E-state index >= 15 is 0 Å². The van der Waals surface area contributed by atoms with Crippen molar-refractivity contribution < 1.29 is 5.11 Å². The smallest absolute Gasteiger partial charge is 0.258 e. The van der Waals surface area contributed by atoms with Crippen LogP contribution in [0.5, 0.6) is 0 Å². The number of hydrogen-bond acceptors (Lipinski definition) is 9. The molecule has 0 bridgehead atoms. The Labute approximate surface area is 234 Å². The quantitative estimate of drug-likeness (QED) is 0.303. The Balaban J connectivity index is 1.32. The van der Waals surface area contributed by atoms with Gasteiger partial charge in [-0.3, -0.25) is 14.1 Å². The lowest BCUT2D eigenvalue weighted by Crippen LogP contribution is -2.47. The molecule has 0 aliphatic carbocycles. The summed E-state index contributed by atoms with van der Waals surface area (Å²) in [5.74, 6) is 0.445. The summed E-state index contributed by atoms with van der Waals surface area (Å²) in [6.45, 7) is 4.55. The number of benzene rings is 2. The van der Waals surface area contributed by atoms with E-state index in [1.54, 1.807) is 16.7 Å². The molecule has 0 radical (unpaired) electrons. The maximum atomic E-state index is 12.9. The van der Waals surface area contributed by atoms with Gasteiger partial charge in [0.25, 0.3) is 5.56 Å². The van der Waals surface area contributed by atoms with E-state index in [-0.39, 0.29) is 12.2 Å². The fourth-order valence-corrected chi connectivity index (χ4v) is 6.12. The largest absolute Gasteiger partial charge is 0.395 e.